The third-order valence-corrected chi connectivity index (χ3v) is 6.90. The molecular weight excluding hydrogens is 412 g/mol. The lowest BCUT2D eigenvalue weighted by molar-refractivity contribution is -0.124. The topological polar surface area (TPSA) is 82.1 Å². The molecule has 1 atom stereocenters. The highest BCUT2D eigenvalue weighted by molar-refractivity contribution is 7.89. The Bertz CT molecular complexity index is 989. The Hall–Kier alpha value is -2.42. The molecule has 0 saturated carbocycles. The molecule has 1 N–H and O–H groups in total. The highest BCUT2D eigenvalue weighted by atomic mass is 35.5. The maximum atomic E-state index is 12.9. The van der Waals surface area contributed by atoms with Crippen molar-refractivity contribution in [2.75, 3.05) is 25.5 Å². The molecule has 1 aliphatic rings. The number of hydrogen-bond acceptors (Lipinski definition) is 5. The zero-order valence-corrected chi connectivity index (χ0v) is 17.8. The second-order valence-corrected chi connectivity index (χ2v) is 9.27. The van der Waals surface area contributed by atoms with Crippen LogP contribution in [0.1, 0.15) is 18.4 Å². The summed E-state index contributed by atoms with van der Waals surface area (Å²) in [5, 5.41) is 4.44. The first-order valence-corrected chi connectivity index (χ1v) is 11.0. The van der Waals surface area contributed by atoms with Crippen LogP contribution in [0.5, 0.6) is 0 Å². The van der Waals surface area contributed by atoms with Crippen LogP contribution in [0, 0.1) is 0 Å². The number of hydrazone groups is 1. The fourth-order valence-corrected chi connectivity index (χ4v) is 4.92. The number of carbonyl (C=O) groups excluding carboxylic acids is 1. The van der Waals surface area contributed by atoms with E-state index in [1.54, 1.807) is 0 Å². The summed E-state index contributed by atoms with van der Waals surface area (Å²) in [6.45, 7) is 0.290. The zero-order valence-electron chi connectivity index (χ0n) is 16.2. The van der Waals surface area contributed by atoms with Gasteiger partial charge in [0, 0.05) is 31.4 Å². The maximum Gasteiger partial charge on any atom is 0.258 e. The van der Waals surface area contributed by atoms with Gasteiger partial charge in [0.1, 0.15) is 6.04 Å². The second-order valence-electron chi connectivity index (χ2n) is 6.95. The molecule has 7 nitrogen and oxygen atoms in total. The number of nitrogens with zero attached hydrogens (tertiary/aromatic N) is 3. The van der Waals surface area contributed by atoms with Crippen LogP contribution in [-0.4, -0.2) is 51.5 Å². The summed E-state index contributed by atoms with van der Waals surface area (Å²) in [5.74, 6) is -0.443. The number of rotatable bonds is 6. The summed E-state index contributed by atoms with van der Waals surface area (Å²) in [4.78, 5) is 14.7. The normalized spacial score (nSPS) is 17.6. The minimum Gasteiger partial charge on any atom is -0.378 e. The molecule has 1 aliphatic heterocycles. The van der Waals surface area contributed by atoms with E-state index in [4.69, 9.17) is 11.6 Å². The van der Waals surface area contributed by atoms with Gasteiger partial charge >= 0.3 is 0 Å². The maximum absolute atomic E-state index is 12.9. The molecule has 0 aliphatic carbocycles. The van der Waals surface area contributed by atoms with E-state index in [1.165, 1.54) is 34.8 Å². The van der Waals surface area contributed by atoms with Gasteiger partial charge < -0.3 is 4.90 Å². The molecular formula is C20H23ClN4O3S. The average Bonchev–Trinajstić information content (AvgIpc) is 3.19. The summed E-state index contributed by atoms with van der Waals surface area (Å²) < 4.78 is 27.0. The van der Waals surface area contributed by atoms with E-state index < -0.39 is 22.0 Å². The van der Waals surface area contributed by atoms with E-state index in [9.17, 15) is 13.2 Å². The lowest BCUT2D eigenvalue weighted by atomic mass is 10.2. The first-order valence-electron chi connectivity index (χ1n) is 9.17. The van der Waals surface area contributed by atoms with Gasteiger partial charge in [0.2, 0.25) is 10.0 Å². The standard InChI is InChI=1S/C20H23ClN4O3S/c1-24(2)17-9-5-15(6-10-17)14-22-23-20(26)19-4-3-13-25(19)29(27,28)18-11-7-16(21)8-12-18/h5-12,14,19H,3-4,13H2,1-2H3,(H,23,26)/b22-14-/t19-/m1/s1. The average molecular weight is 435 g/mol. The van der Waals surface area contributed by atoms with Gasteiger partial charge in [-0.25, -0.2) is 13.8 Å². The van der Waals surface area contributed by atoms with E-state index >= 15 is 0 Å². The van der Waals surface area contributed by atoms with Crippen molar-refractivity contribution in [3.8, 4) is 0 Å². The molecule has 3 rings (SSSR count). The molecule has 2 aromatic carbocycles. The Balaban J connectivity index is 1.67. The number of amides is 1. The third kappa shape index (κ3) is 4.95. The summed E-state index contributed by atoms with van der Waals surface area (Å²) in [5.41, 5.74) is 4.35. The number of benzene rings is 2. The number of hydrogen-bond donors (Lipinski definition) is 1. The molecule has 1 fully saturated rings. The largest absolute Gasteiger partial charge is 0.378 e. The predicted octanol–water partition coefficient (Wildman–Crippen LogP) is 2.71. The monoisotopic (exact) mass is 434 g/mol. The Kier molecular flexibility index (Phi) is 6.56. The van der Waals surface area contributed by atoms with Gasteiger partial charge in [-0.1, -0.05) is 23.7 Å². The van der Waals surface area contributed by atoms with Gasteiger partial charge in [0.05, 0.1) is 11.1 Å². The van der Waals surface area contributed by atoms with Gasteiger partial charge in [0.15, 0.2) is 0 Å². The number of sulfonamides is 1. The highest BCUT2D eigenvalue weighted by Gasteiger charge is 2.39. The van der Waals surface area contributed by atoms with Crippen molar-refractivity contribution >= 4 is 39.4 Å². The predicted molar refractivity (Wildman–Crippen MR) is 115 cm³/mol. The highest BCUT2D eigenvalue weighted by Crippen LogP contribution is 2.27. The van der Waals surface area contributed by atoms with Crippen LogP contribution >= 0.6 is 11.6 Å². The van der Waals surface area contributed by atoms with Crippen molar-refractivity contribution in [2.45, 2.75) is 23.8 Å². The first kappa shape index (κ1) is 21.3. The summed E-state index contributed by atoms with van der Waals surface area (Å²) in [7, 11) is 0.124. The van der Waals surface area contributed by atoms with Crippen molar-refractivity contribution in [3.63, 3.8) is 0 Å². The molecule has 0 spiro atoms. The summed E-state index contributed by atoms with van der Waals surface area (Å²) >= 11 is 5.84. The van der Waals surface area contributed by atoms with Crippen LogP contribution in [0.4, 0.5) is 5.69 Å². The fourth-order valence-electron chi connectivity index (χ4n) is 3.14. The van der Waals surface area contributed by atoms with Gasteiger partial charge in [-0.15, -0.1) is 0 Å². The van der Waals surface area contributed by atoms with Gasteiger partial charge in [-0.05, 0) is 54.8 Å². The van der Waals surface area contributed by atoms with Crippen LogP contribution in [0.25, 0.3) is 0 Å². The first-order chi connectivity index (χ1) is 13.8. The molecule has 2 aromatic rings. The SMILES string of the molecule is CN(C)c1ccc(/C=N\NC(=O)[C@H]2CCCN2S(=O)(=O)c2ccc(Cl)cc2)cc1. The lowest BCUT2D eigenvalue weighted by Crippen LogP contribution is -2.44. The van der Waals surface area contributed by atoms with Crippen LogP contribution in [0.3, 0.4) is 0 Å². The molecule has 1 saturated heterocycles. The van der Waals surface area contributed by atoms with Gasteiger partial charge in [-0.2, -0.15) is 9.41 Å². The van der Waals surface area contributed by atoms with Crippen molar-refractivity contribution < 1.29 is 13.2 Å². The third-order valence-electron chi connectivity index (χ3n) is 4.72. The molecule has 1 amide bonds. The van der Waals surface area contributed by atoms with Crippen molar-refractivity contribution in [1.29, 1.82) is 0 Å². The van der Waals surface area contributed by atoms with Crippen molar-refractivity contribution in [2.24, 2.45) is 5.10 Å². The molecule has 0 bridgehead atoms. The van der Waals surface area contributed by atoms with E-state index in [-0.39, 0.29) is 4.90 Å². The number of halogens is 1. The van der Waals surface area contributed by atoms with Gasteiger partial charge in [0.25, 0.3) is 5.91 Å². The second kappa shape index (κ2) is 8.94. The fraction of sp³-hybridized carbons (Fsp3) is 0.300. The Morgan fingerprint density at radius 3 is 2.45 bits per heavy atom. The minimum absolute atomic E-state index is 0.117. The molecule has 0 unspecified atom stereocenters. The van der Waals surface area contributed by atoms with Gasteiger partial charge in [-0.3, -0.25) is 4.79 Å². The molecule has 0 radical (unpaired) electrons. The minimum atomic E-state index is -3.78. The lowest BCUT2D eigenvalue weighted by Gasteiger charge is -2.22. The number of anilines is 1. The molecule has 9 heteroatoms. The van der Waals surface area contributed by atoms with E-state index in [0.29, 0.717) is 24.4 Å². The van der Waals surface area contributed by atoms with Crippen LogP contribution in [-0.2, 0) is 14.8 Å². The van der Waals surface area contributed by atoms with Crippen molar-refractivity contribution in [3.05, 3.63) is 59.1 Å². The van der Waals surface area contributed by atoms with Crippen LogP contribution in [0.15, 0.2) is 58.5 Å². The van der Waals surface area contributed by atoms with E-state index in [2.05, 4.69) is 10.5 Å². The smallest absolute Gasteiger partial charge is 0.258 e. The number of nitrogens with one attached hydrogen (secondary N) is 1. The summed E-state index contributed by atoms with van der Waals surface area (Å²) in [6.07, 6.45) is 2.59. The molecule has 1 heterocycles. The Labute approximate surface area is 176 Å². The van der Waals surface area contributed by atoms with Crippen molar-refractivity contribution in [1.82, 2.24) is 9.73 Å². The molecule has 29 heavy (non-hydrogen) atoms. The van der Waals surface area contributed by atoms with E-state index in [0.717, 1.165) is 11.3 Å². The quantitative estimate of drug-likeness (QED) is 0.559. The Morgan fingerprint density at radius 2 is 1.83 bits per heavy atom. The van der Waals surface area contributed by atoms with Crippen LogP contribution in [0.2, 0.25) is 5.02 Å². The summed E-state index contributed by atoms with van der Waals surface area (Å²) in [6, 6.07) is 12.8. The molecule has 154 valence electrons. The van der Waals surface area contributed by atoms with Crippen LogP contribution < -0.4 is 10.3 Å². The zero-order chi connectivity index (χ0) is 21.0. The molecule has 0 aromatic heterocycles. The number of carbonyl (C=O) groups is 1. The Morgan fingerprint density at radius 1 is 1.17 bits per heavy atom. The van der Waals surface area contributed by atoms with E-state index in [1.807, 2.05) is 43.3 Å².